The molecule has 0 rings (SSSR count). The lowest BCUT2D eigenvalue weighted by Crippen LogP contribution is -2.27. The smallest absolute Gasteiger partial charge is 0.459 e. The zero-order valence-corrected chi connectivity index (χ0v) is 9.56. The van der Waals surface area contributed by atoms with E-state index >= 15 is 0 Å². The van der Waals surface area contributed by atoms with Gasteiger partial charge in [0, 0.05) is 0 Å². The Bertz CT molecular complexity index is 205. The van der Waals surface area contributed by atoms with Gasteiger partial charge in [-0.2, -0.15) is 13.2 Å². The number of ether oxygens (including phenoxy) is 1. The van der Waals surface area contributed by atoms with E-state index in [-0.39, 0.29) is 6.61 Å². The van der Waals surface area contributed by atoms with Crippen LogP contribution in [0.1, 0.15) is 26.7 Å². The number of esters is 1. The van der Waals surface area contributed by atoms with Gasteiger partial charge in [0.2, 0.25) is 0 Å². The van der Waals surface area contributed by atoms with Gasteiger partial charge < -0.3 is 10.1 Å². The Hall–Kier alpha value is -0.780. The number of hydrogen-bond donors (Lipinski definition) is 1. The lowest BCUT2D eigenvalue weighted by molar-refractivity contribution is -0.199. The van der Waals surface area contributed by atoms with Crippen molar-refractivity contribution in [3.05, 3.63) is 0 Å². The van der Waals surface area contributed by atoms with E-state index in [0.29, 0.717) is 18.9 Å². The van der Waals surface area contributed by atoms with Gasteiger partial charge in [0.15, 0.2) is 0 Å². The highest BCUT2D eigenvalue weighted by atomic mass is 19.4. The summed E-state index contributed by atoms with van der Waals surface area (Å²) in [5.41, 5.74) is 0. The predicted molar refractivity (Wildman–Crippen MR) is 54.0 cm³/mol. The van der Waals surface area contributed by atoms with Crippen LogP contribution in [0.15, 0.2) is 0 Å². The molecule has 0 amide bonds. The van der Waals surface area contributed by atoms with Gasteiger partial charge in [0.05, 0.1) is 6.61 Å². The summed E-state index contributed by atoms with van der Waals surface area (Å²) in [4.78, 5) is 10.3. The zero-order valence-electron chi connectivity index (χ0n) is 9.56. The predicted octanol–water partition coefficient (Wildman–Crippen LogP) is 2.12. The fourth-order valence-corrected chi connectivity index (χ4v) is 0.960. The van der Waals surface area contributed by atoms with E-state index in [1.807, 2.05) is 0 Å². The Morgan fingerprint density at radius 1 is 1.31 bits per heavy atom. The van der Waals surface area contributed by atoms with Gasteiger partial charge in [-0.3, -0.25) is 0 Å². The highest BCUT2D eigenvalue weighted by Gasteiger charge is 2.40. The lowest BCUT2D eigenvalue weighted by atomic mass is 10.1. The normalized spacial score (nSPS) is 11.9. The Morgan fingerprint density at radius 2 is 1.94 bits per heavy atom. The Labute approximate surface area is 93.3 Å². The van der Waals surface area contributed by atoms with E-state index < -0.39 is 12.1 Å². The van der Waals surface area contributed by atoms with Crippen LogP contribution < -0.4 is 5.32 Å². The van der Waals surface area contributed by atoms with Crippen LogP contribution in [-0.2, 0) is 9.53 Å². The topological polar surface area (TPSA) is 38.3 Å². The third-order valence-electron chi connectivity index (χ3n) is 1.86. The number of rotatable bonds is 7. The molecule has 0 aromatic carbocycles. The molecule has 0 aliphatic heterocycles. The number of nitrogens with one attached hydrogen (secondary N) is 1. The molecule has 1 N–H and O–H groups in total. The zero-order chi connectivity index (χ0) is 12.6. The first kappa shape index (κ1) is 15.2. The van der Waals surface area contributed by atoms with Gasteiger partial charge >= 0.3 is 12.1 Å². The Balaban J connectivity index is 3.31. The highest BCUT2D eigenvalue weighted by Crippen LogP contribution is 2.16. The van der Waals surface area contributed by atoms with Crippen LogP contribution in [-0.4, -0.2) is 31.8 Å². The quantitative estimate of drug-likeness (QED) is 0.548. The second kappa shape index (κ2) is 7.49. The minimum absolute atomic E-state index is 0.201. The number of carbonyl (C=O) groups excluding carboxylic acids is 1. The van der Waals surface area contributed by atoms with Crippen molar-refractivity contribution in [2.45, 2.75) is 32.9 Å². The summed E-state index contributed by atoms with van der Waals surface area (Å²) in [5, 5.41) is 3.06. The molecule has 0 aliphatic rings. The molecule has 0 heterocycles. The van der Waals surface area contributed by atoms with Crippen molar-refractivity contribution in [2.24, 2.45) is 5.92 Å². The van der Waals surface area contributed by atoms with Crippen LogP contribution in [0.5, 0.6) is 0 Å². The van der Waals surface area contributed by atoms with Gasteiger partial charge in [-0.25, -0.2) is 4.79 Å². The summed E-state index contributed by atoms with van der Waals surface area (Å²) in [6.45, 7) is 5.36. The average Bonchev–Trinajstić information content (AvgIpc) is 2.14. The van der Waals surface area contributed by atoms with E-state index in [1.165, 1.54) is 0 Å². The molecule has 0 saturated heterocycles. The van der Waals surface area contributed by atoms with Gasteiger partial charge in [-0.1, -0.05) is 13.8 Å². The Kier molecular flexibility index (Phi) is 7.12. The van der Waals surface area contributed by atoms with Crippen LogP contribution in [0.25, 0.3) is 0 Å². The van der Waals surface area contributed by atoms with Gasteiger partial charge in [0.1, 0.15) is 0 Å². The molecule has 0 fully saturated rings. The summed E-state index contributed by atoms with van der Waals surface area (Å²) in [6.07, 6.45) is -3.48. The van der Waals surface area contributed by atoms with E-state index in [1.54, 1.807) is 0 Å². The van der Waals surface area contributed by atoms with E-state index in [4.69, 9.17) is 0 Å². The minimum Gasteiger partial charge on any atom is -0.459 e. The summed E-state index contributed by atoms with van der Waals surface area (Å²) in [6, 6.07) is 0. The average molecular weight is 241 g/mol. The summed E-state index contributed by atoms with van der Waals surface area (Å²) >= 11 is 0. The maximum Gasteiger partial charge on any atom is 0.490 e. The van der Waals surface area contributed by atoms with Crippen LogP contribution in [0.2, 0.25) is 0 Å². The van der Waals surface area contributed by atoms with Crippen molar-refractivity contribution in [2.75, 3.05) is 19.7 Å². The second-order valence-electron chi connectivity index (χ2n) is 3.92. The first-order valence-corrected chi connectivity index (χ1v) is 5.28. The fourth-order valence-electron chi connectivity index (χ4n) is 0.960. The van der Waals surface area contributed by atoms with Gasteiger partial charge in [-0.05, 0) is 31.8 Å². The number of halogens is 3. The molecule has 0 aromatic rings. The molecule has 0 aliphatic carbocycles. The summed E-state index contributed by atoms with van der Waals surface area (Å²) in [5.74, 6) is -1.52. The monoisotopic (exact) mass is 241 g/mol. The molecule has 0 unspecified atom stereocenters. The van der Waals surface area contributed by atoms with Crippen LogP contribution in [0.3, 0.4) is 0 Å². The molecule has 16 heavy (non-hydrogen) atoms. The highest BCUT2D eigenvalue weighted by molar-refractivity contribution is 5.75. The van der Waals surface area contributed by atoms with E-state index in [0.717, 1.165) is 13.0 Å². The standard InChI is InChI=1S/C10H18F3NO2/c1-8(2)4-6-14-5-3-7-16-9(15)10(11,12)13/h8,14H,3-7H2,1-2H3. The van der Waals surface area contributed by atoms with Crippen molar-refractivity contribution >= 4 is 5.97 Å². The Morgan fingerprint density at radius 3 is 2.44 bits per heavy atom. The summed E-state index contributed by atoms with van der Waals surface area (Å²) in [7, 11) is 0. The number of alkyl halides is 3. The first-order chi connectivity index (χ1) is 7.34. The van der Waals surface area contributed by atoms with Crippen molar-refractivity contribution in [1.82, 2.24) is 5.32 Å². The second-order valence-corrected chi connectivity index (χ2v) is 3.92. The van der Waals surface area contributed by atoms with Crippen molar-refractivity contribution in [3.8, 4) is 0 Å². The third kappa shape index (κ3) is 8.52. The molecule has 0 bridgehead atoms. The largest absolute Gasteiger partial charge is 0.490 e. The first-order valence-electron chi connectivity index (χ1n) is 5.28. The molecule has 0 atom stereocenters. The molecular formula is C10H18F3NO2. The third-order valence-corrected chi connectivity index (χ3v) is 1.86. The molecule has 0 radical (unpaired) electrons. The molecule has 3 nitrogen and oxygen atoms in total. The van der Waals surface area contributed by atoms with Crippen LogP contribution >= 0.6 is 0 Å². The maximum atomic E-state index is 11.7. The molecule has 0 aromatic heterocycles. The molecule has 0 saturated carbocycles. The van der Waals surface area contributed by atoms with Gasteiger partial charge in [-0.15, -0.1) is 0 Å². The molecular weight excluding hydrogens is 223 g/mol. The molecule has 0 spiro atoms. The van der Waals surface area contributed by atoms with E-state index in [9.17, 15) is 18.0 Å². The number of carbonyl (C=O) groups is 1. The van der Waals surface area contributed by atoms with Crippen LogP contribution in [0.4, 0.5) is 13.2 Å². The maximum absolute atomic E-state index is 11.7. The fraction of sp³-hybridized carbons (Fsp3) is 0.900. The van der Waals surface area contributed by atoms with E-state index in [2.05, 4.69) is 23.9 Å². The van der Waals surface area contributed by atoms with Gasteiger partial charge in [0.25, 0.3) is 0 Å². The molecule has 6 heteroatoms. The summed E-state index contributed by atoms with van der Waals surface area (Å²) < 4.78 is 39.1. The van der Waals surface area contributed by atoms with Crippen molar-refractivity contribution < 1.29 is 22.7 Å². The lowest BCUT2D eigenvalue weighted by Gasteiger charge is -2.08. The molecule has 96 valence electrons. The number of hydrogen-bond acceptors (Lipinski definition) is 3. The van der Waals surface area contributed by atoms with Crippen molar-refractivity contribution in [3.63, 3.8) is 0 Å². The van der Waals surface area contributed by atoms with Crippen LogP contribution in [0, 0.1) is 5.92 Å². The minimum atomic E-state index is -4.88. The van der Waals surface area contributed by atoms with Crippen molar-refractivity contribution in [1.29, 1.82) is 0 Å². The SMILES string of the molecule is CC(C)CCNCCCOC(=O)C(F)(F)F.